The summed E-state index contributed by atoms with van der Waals surface area (Å²) in [4.78, 5) is 12.1. The van der Waals surface area contributed by atoms with E-state index in [1.807, 2.05) is 43.3 Å². The summed E-state index contributed by atoms with van der Waals surface area (Å²) in [6, 6.07) is 11.7. The summed E-state index contributed by atoms with van der Waals surface area (Å²) in [7, 11) is 0. The second-order valence-corrected chi connectivity index (χ2v) is 5.95. The Hall–Kier alpha value is -1.39. The highest BCUT2D eigenvalue weighted by Crippen LogP contribution is 2.21. The van der Waals surface area contributed by atoms with Gasteiger partial charge >= 0.3 is 0 Å². The molecule has 0 radical (unpaired) electrons. The summed E-state index contributed by atoms with van der Waals surface area (Å²) < 4.78 is 1.03. The van der Waals surface area contributed by atoms with Gasteiger partial charge in [0.05, 0.1) is 0 Å². The molecule has 0 fully saturated rings. The molecule has 1 atom stereocenters. The Morgan fingerprint density at radius 3 is 2.70 bits per heavy atom. The maximum absolute atomic E-state index is 12.1. The first-order valence-corrected chi connectivity index (χ1v) is 7.48. The summed E-state index contributed by atoms with van der Waals surface area (Å²) in [5, 5.41) is 13.9. The predicted molar refractivity (Wildman–Crippen MR) is 84.8 cm³/mol. The zero-order valence-corrected chi connectivity index (χ0v) is 13.0. The lowest BCUT2D eigenvalue weighted by Crippen LogP contribution is -2.28. The Labute approximate surface area is 127 Å². The van der Waals surface area contributed by atoms with Crippen molar-refractivity contribution < 1.29 is 9.90 Å². The first-order valence-electron chi connectivity index (χ1n) is 6.68. The number of carbonyl (C=O) groups is 1. The van der Waals surface area contributed by atoms with Gasteiger partial charge in [0.2, 0.25) is 0 Å². The number of carbonyl (C=O) groups excluding carboxylic acids is 1. The fraction of sp³-hybridized carbons (Fsp3) is 0.312. The van der Waals surface area contributed by atoms with Crippen molar-refractivity contribution in [2.24, 2.45) is 5.92 Å². The van der Waals surface area contributed by atoms with Crippen LogP contribution in [0.3, 0.4) is 0 Å². The Bertz CT molecular complexity index is 612. The molecule has 20 heavy (non-hydrogen) atoms. The Balaban J connectivity index is 2.08. The van der Waals surface area contributed by atoms with Crippen molar-refractivity contribution >= 4 is 32.6 Å². The van der Waals surface area contributed by atoms with E-state index in [0.717, 1.165) is 15.2 Å². The summed E-state index contributed by atoms with van der Waals surface area (Å²) in [5.74, 6) is 0.208. The lowest BCUT2D eigenvalue weighted by atomic mass is 10.1. The van der Waals surface area contributed by atoms with Crippen LogP contribution in [-0.4, -0.2) is 24.2 Å². The molecular formula is C16H18BrNO2. The number of halogens is 1. The smallest absolute Gasteiger partial charge is 0.251 e. The van der Waals surface area contributed by atoms with Crippen molar-refractivity contribution in [1.82, 2.24) is 5.32 Å². The average Bonchev–Trinajstić information content (AvgIpc) is 2.44. The lowest BCUT2D eigenvalue weighted by Gasteiger charge is -2.11. The second kappa shape index (κ2) is 6.86. The summed E-state index contributed by atoms with van der Waals surface area (Å²) >= 11 is 3.44. The molecule has 106 valence electrons. The maximum atomic E-state index is 12.1. The SMILES string of the molecule is CC(CCO)CNC(=O)c1ccc2cc(Br)ccc2c1. The first kappa shape index (κ1) is 15.0. The molecule has 2 N–H and O–H groups in total. The molecule has 1 unspecified atom stereocenters. The van der Waals surface area contributed by atoms with E-state index in [9.17, 15) is 4.79 Å². The third kappa shape index (κ3) is 3.81. The van der Waals surface area contributed by atoms with E-state index >= 15 is 0 Å². The first-order chi connectivity index (χ1) is 9.60. The van der Waals surface area contributed by atoms with Gasteiger partial charge in [-0.3, -0.25) is 4.79 Å². The minimum atomic E-state index is -0.0698. The van der Waals surface area contributed by atoms with E-state index in [0.29, 0.717) is 18.5 Å². The van der Waals surface area contributed by atoms with E-state index in [2.05, 4.69) is 21.2 Å². The number of amides is 1. The molecule has 0 saturated heterocycles. The fourth-order valence-corrected chi connectivity index (χ4v) is 2.43. The molecule has 0 bridgehead atoms. The molecule has 0 aliphatic heterocycles. The van der Waals surface area contributed by atoms with Gasteiger partial charge in [0.1, 0.15) is 0 Å². The van der Waals surface area contributed by atoms with Gasteiger partial charge in [0.25, 0.3) is 5.91 Å². The summed E-state index contributed by atoms with van der Waals surface area (Å²) in [6.45, 7) is 2.74. The van der Waals surface area contributed by atoms with Crippen molar-refractivity contribution in [3.05, 3.63) is 46.4 Å². The number of aliphatic hydroxyl groups is 1. The van der Waals surface area contributed by atoms with Gasteiger partial charge in [-0.15, -0.1) is 0 Å². The van der Waals surface area contributed by atoms with E-state index in [1.165, 1.54) is 0 Å². The molecule has 1 amide bonds. The third-order valence-electron chi connectivity index (χ3n) is 3.30. The number of hydrogen-bond acceptors (Lipinski definition) is 2. The number of fused-ring (bicyclic) bond motifs is 1. The van der Waals surface area contributed by atoms with Crippen LogP contribution in [0.4, 0.5) is 0 Å². The Morgan fingerprint density at radius 1 is 1.25 bits per heavy atom. The Morgan fingerprint density at radius 2 is 1.95 bits per heavy atom. The minimum Gasteiger partial charge on any atom is -0.396 e. The standard InChI is InChI=1S/C16H18BrNO2/c1-11(6-7-19)10-18-16(20)14-3-2-13-9-15(17)5-4-12(13)8-14/h2-5,8-9,11,19H,6-7,10H2,1H3,(H,18,20). The molecule has 0 aromatic heterocycles. The molecular weight excluding hydrogens is 318 g/mol. The van der Waals surface area contributed by atoms with Crippen LogP contribution in [-0.2, 0) is 0 Å². The fourth-order valence-electron chi connectivity index (χ4n) is 2.05. The quantitative estimate of drug-likeness (QED) is 0.880. The summed E-state index contributed by atoms with van der Waals surface area (Å²) in [5.41, 5.74) is 0.663. The topological polar surface area (TPSA) is 49.3 Å². The second-order valence-electron chi connectivity index (χ2n) is 5.03. The molecule has 0 aliphatic carbocycles. The monoisotopic (exact) mass is 335 g/mol. The minimum absolute atomic E-state index is 0.0698. The molecule has 2 aromatic carbocycles. The number of hydrogen-bond donors (Lipinski definition) is 2. The largest absolute Gasteiger partial charge is 0.396 e. The van der Waals surface area contributed by atoms with Gasteiger partial charge in [-0.25, -0.2) is 0 Å². The van der Waals surface area contributed by atoms with Gasteiger partial charge in [-0.2, -0.15) is 0 Å². The van der Waals surface area contributed by atoms with Crippen LogP contribution in [0.25, 0.3) is 10.8 Å². The predicted octanol–water partition coefficient (Wildman–Crippen LogP) is 3.35. The van der Waals surface area contributed by atoms with E-state index in [-0.39, 0.29) is 18.4 Å². The average molecular weight is 336 g/mol. The van der Waals surface area contributed by atoms with Crippen molar-refractivity contribution in [1.29, 1.82) is 0 Å². The van der Waals surface area contributed by atoms with Gasteiger partial charge in [-0.05, 0) is 47.4 Å². The van der Waals surface area contributed by atoms with Crippen molar-refractivity contribution in [2.45, 2.75) is 13.3 Å². The lowest BCUT2D eigenvalue weighted by molar-refractivity contribution is 0.0945. The Kier molecular flexibility index (Phi) is 5.15. The van der Waals surface area contributed by atoms with Gasteiger partial charge in [-0.1, -0.05) is 35.0 Å². The molecule has 0 aliphatic rings. The highest BCUT2D eigenvalue weighted by molar-refractivity contribution is 9.10. The molecule has 4 heteroatoms. The van der Waals surface area contributed by atoms with Crippen LogP contribution >= 0.6 is 15.9 Å². The van der Waals surface area contributed by atoms with E-state index < -0.39 is 0 Å². The molecule has 0 heterocycles. The highest BCUT2D eigenvalue weighted by Gasteiger charge is 2.08. The number of benzene rings is 2. The van der Waals surface area contributed by atoms with Crippen LogP contribution in [0.1, 0.15) is 23.7 Å². The zero-order chi connectivity index (χ0) is 14.5. The van der Waals surface area contributed by atoms with Gasteiger partial charge in [0, 0.05) is 23.2 Å². The number of aliphatic hydroxyl groups excluding tert-OH is 1. The molecule has 2 aromatic rings. The van der Waals surface area contributed by atoms with Crippen LogP contribution in [0, 0.1) is 5.92 Å². The van der Waals surface area contributed by atoms with Crippen LogP contribution < -0.4 is 5.32 Å². The molecule has 3 nitrogen and oxygen atoms in total. The van der Waals surface area contributed by atoms with Crippen molar-refractivity contribution in [3.8, 4) is 0 Å². The van der Waals surface area contributed by atoms with Crippen molar-refractivity contribution in [3.63, 3.8) is 0 Å². The van der Waals surface area contributed by atoms with Gasteiger partial charge < -0.3 is 10.4 Å². The third-order valence-corrected chi connectivity index (χ3v) is 3.79. The van der Waals surface area contributed by atoms with E-state index in [4.69, 9.17) is 5.11 Å². The highest BCUT2D eigenvalue weighted by atomic mass is 79.9. The number of nitrogens with one attached hydrogen (secondary N) is 1. The van der Waals surface area contributed by atoms with Gasteiger partial charge in [0.15, 0.2) is 0 Å². The maximum Gasteiger partial charge on any atom is 0.251 e. The normalized spacial score (nSPS) is 12.3. The molecule has 0 spiro atoms. The summed E-state index contributed by atoms with van der Waals surface area (Å²) in [6.07, 6.45) is 0.700. The molecule has 2 rings (SSSR count). The van der Waals surface area contributed by atoms with E-state index in [1.54, 1.807) is 0 Å². The number of rotatable bonds is 5. The van der Waals surface area contributed by atoms with Crippen LogP contribution in [0.5, 0.6) is 0 Å². The zero-order valence-electron chi connectivity index (χ0n) is 11.4. The molecule has 0 saturated carbocycles. The van der Waals surface area contributed by atoms with Crippen LogP contribution in [0.2, 0.25) is 0 Å². The van der Waals surface area contributed by atoms with Crippen molar-refractivity contribution in [2.75, 3.05) is 13.2 Å². The van der Waals surface area contributed by atoms with Crippen LogP contribution in [0.15, 0.2) is 40.9 Å².